The number of carbonyl (C=O) groups excluding carboxylic acids is 2. The molecule has 23 heavy (non-hydrogen) atoms. The van der Waals surface area contributed by atoms with E-state index in [1.807, 2.05) is 13.8 Å². The maximum atomic E-state index is 12.1. The van der Waals surface area contributed by atoms with Crippen LogP contribution in [0.4, 0.5) is 0 Å². The van der Waals surface area contributed by atoms with E-state index in [0.717, 1.165) is 0 Å². The maximum absolute atomic E-state index is 12.1. The smallest absolute Gasteiger partial charge is 0.310 e. The summed E-state index contributed by atoms with van der Waals surface area (Å²) in [5.74, 6) is -0.770. The SMILES string of the molecule is C[C@@H]1CN(C(=O)COC(=O)Cc2c(Cl)cccc2Cl)C[C@@H](C)O1. The molecule has 2 rings (SSSR count). The third-order valence-electron chi connectivity index (χ3n) is 3.51. The number of rotatable bonds is 4. The van der Waals surface area contributed by atoms with Crippen LogP contribution in [0.1, 0.15) is 19.4 Å². The highest BCUT2D eigenvalue weighted by atomic mass is 35.5. The van der Waals surface area contributed by atoms with E-state index in [1.165, 1.54) is 0 Å². The molecule has 1 fully saturated rings. The van der Waals surface area contributed by atoms with E-state index >= 15 is 0 Å². The van der Waals surface area contributed by atoms with Gasteiger partial charge in [-0.2, -0.15) is 0 Å². The lowest BCUT2D eigenvalue weighted by atomic mass is 10.1. The molecule has 0 aliphatic carbocycles. The van der Waals surface area contributed by atoms with Gasteiger partial charge in [-0.25, -0.2) is 0 Å². The lowest BCUT2D eigenvalue weighted by Crippen LogP contribution is -2.49. The zero-order valence-corrected chi connectivity index (χ0v) is 14.6. The molecule has 1 aromatic carbocycles. The van der Waals surface area contributed by atoms with Gasteiger partial charge in [0.05, 0.1) is 18.6 Å². The number of carbonyl (C=O) groups is 2. The van der Waals surface area contributed by atoms with Gasteiger partial charge in [0.1, 0.15) is 0 Å². The first kappa shape index (κ1) is 18.0. The summed E-state index contributed by atoms with van der Waals surface area (Å²) in [6.07, 6.45) is -0.123. The van der Waals surface area contributed by atoms with E-state index in [-0.39, 0.29) is 31.1 Å². The van der Waals surface area contributed by atoms with Gasteiger partial charge in [0.2, 0.25) is 0 Å². The molecular weight excluding hydrogens is 341 g/mol. The fraction of sp³-hybridized carbons (Fsp3) is 0.500. The molecule has 1 aliphatic heterocycles. The molecule has 1 heterocycles. The number of halogens is 2. The average Bonchev–Trinajstić information content (AvgIpc) is 2.47. The predicted molar refractivity (Wildman–Crippen MR) is 87.7 cm³/mol. The molecular formula is C16H19Cl2NO4. The van der Waals surface area contributed by atoms with Gasteiger partial charge < -0.3 is 14.4 Å². The third kappa shape index (κ3) is 5.09. The number of morpholine rings is 1. The van der Waals surface area contributed by atoms with Crippen LogP contribution in [0.25, 0.3) is 0 Å². The fourth-order valence-electron chi connectivity index (χ4n) is 2.51. The van der Waals surface area contributed by atoms with Gasteiger partial charge in [-0.15, -0.1) is 0 Å². The van der Waals surface area contributed by atoms with Crippen molar-refractivity contribution < 1.29 is 19.1 Å². The summed E-state index contributed by atoms with van der Waals surface area (Å²) in [6.45, 7) is 4.51. The van der Waals surface area contributed by atoms with Crippen LogP contribution in [0.15, 0.2) is 18.2 Å². The maximum Gasteiger partial charge on any atom is 0.310 e. The molecule has 0 spiro atoms. The number of ether oxygens (including phenoxy) is 2. The van der Waals surface area contributed by atoms with Gasteiger partial charge in [0, 0.05) is 28.7 Å². The molecule has 0 aromatic heterocycles. The second-order valence-electron chi connectivity index (χ2n) is 5.59. The number of esters is 1. The normalized spacial score (nSPS) is 21.1. The van der Waals surface area contributed by atoms with Gasteiger partial charge >= 0.3 is 5.97 Å². The van der Waals surface area contributed by atoms with Crippen molar-refractivity contribution >= 4 is 35.1 Å². The number of benzene rings is 1. The molecule has 1 aliphatic rings. The standard InChI is InChI=1S/C16H19Cl2NO4/c1-10-7-19(8-11(2)23-10)15(20)9-22-16(21)6-12-13(17)4-3-5-14(12)18/h3-5,10-11H,6-9H2,1-2H3/t10-,11-/m1/s1. The first-order chi connectivity index (χ1) is 10.9. The molecule has 2 atom stereocenters. The minimum absolute atomic E-state index is 0.0275. The van der Waals surface area contributed by atoms with Gasteiger partial charge in [-0.05, 0) is 26.0 Å². The summed E-state index contributed by atoms with van der Waals surface area (Å²) in [5.41, 5.74) is 0.502. The quantitative estimate of drug-likeness (QED) is 0.775. The summed E-state index contributed by atoms with van der Waals surface area (Å²) < 4.78 is 10.6. The first-order valence-electron chi connectivity index (χ1n) is 7.38. The summed E-state index contributed by atoms with van der Waals surface area (Å²) in [7, 11) is 0. The molecule has 1 saturated heterocycles. The second-order valence-corrected chi connectivity index (χ2v) is 6.41. The van der Waals surface area contributed by atoms with Crippen LogP contribution in [-0.4, -0.2) is 48.7 Å². The van der Waals surface area contributed by atoms with Crippen molar-refractivity contribution in [3.8, 4) is 0 Å². The van der Waals surface area contributed by atoms with Crippen molar-refractivity contribution in [2.24, 2.45) is 0 Å². The highest BCUT2D eigenvalue weighted by Crippen LogP contribution is 2.24. The van der Waals surface area contributed by atoms with E-state index < -0.39 is 5.97 Å². The Morgan fingerprint density at radius 3 is 2.35 bits per heavy atom. The molecule has 0 bridgehead atoms. The van der Waals surface area contributed by atoms with Crippen LogP contribution in [-0.2, 0) is 25.5 Å². The lowest BCUT2D eigenvalue weighted by Gasteiger charge is -2.35. The Kier molecular flexibility index (Phi) is 6.27. The largest absolute Gasteiger partial charge is 0.455 e. The Morgan fingerprint density at radius 2 is 1.78 bits per heavy atom. The van der Waals surface area contributed by atoms with E-state index in [1.54, 1.807) is 23.1 Å². The molecule has 1 amide bonds. The van der Waals surface area contributed by atoms with Gasteiger partial charge in [-0.1, -0.05) is 29.3 Å². The van der Waals surface area contributed by atoms with E-state index in [4.69, 9.17) is 32.7 Å². The van der Waals surface area contributed by atoms with Gasteiger partial charge in [0.25, 0.3) is 5.91 Å². The molecule has 1 aromatic rings. The minimum Gasteiger partial charge on any atom is -0.455 e. The summed E-state index contributed by atoms with van der Waals surface area (Å²) in [6, 6.07) is 5.00. The van der Waals surface area contributed by atoms with Gasteiger partial charge in [0.15, 0.2) is 6.61 Å². The molecule has 0 radical (unpaired) electrons. The Balaban J connectivity index is 1.85. The molecule has 0 N–H and O–H groups in total. The predicted octanol–water partition coefficient (Wildman–Crippen LogP) is 2.71. The summed E-state index contributed by atoms with van der Waals surface area (Å²) >= 11 is 12.0. The van der Waals surface area contributed by atoms with E-state index in [9.17, 15) is 9.59 Å². The van der Waals surface area contributed by atoms with Crippen molar-refractivity contribution in [3.05, 3.63) is 33.8 Å². The third-order valence-corrected chi connectivity index (χ3v) is 4.22. The second kappa shape index (κ2) is 7.99. The Morgan fingerprint density at radius 1 is 1.22 bits per heavy atom. The fourth-order valence-corrected chi connectivity index (χ4v) is 3.04. The average molecular weight is 360 g/mol. The number of hydrogen-bond donors (Lipinski definition) is 0. The Hall–Kier alpha value is -1.30. The number of nitrogens with zero attached hydrogens (tertiary/aromatic N) is 1. The van der Waals surface area contributed by atoms with Crippen molar-refractivity contribution in [2.45, 2.75) is 32.5 Å². The highest BCUT2D eigenvalue weighted by Gasteiger charge is 2.26. The first-order valence-corrected chi connectivity index (χ1v) is 8.14. The molecule has 0 unspecified atom stereocenters. The zero-order valence-electron chi connectivity index (χ0n) is 13.1. The van der Waals surface area contributed by atoms with Crippen LogP contribution in [0.5, 0.6) is 0 Å². The van der Waals surface area contributed by atoms with Crippen LogP contribution in [0.2, 0.25) is 10.0 Å². The molecule has 5 nitrogen and oxygen atoms in total. The highest BCUT2D eigenvalue weighted by molar-refractivity contribution is 6.36. The van der Waals surface area contributed by atoms with Crippen LogP contribution >= 0.6 is 23.2 Å². The van der Waals surface area contributed by atoms with Gasteiger partial charge in [-0.3, -0.25) is 9.59 Å². The topological polar surface area (TPSA) is 55.8 Å². The van der Waals surface area contributed by atoms with Crippen LogP contribution in [0, 0.1) is 0 Å². The monoisotopic (exact) mass is 359 g/mol. The molecule has 0 saturated carbocycles. The number of amides is 1. The Labute approximate surface area is 145 Å². The van der Waals surface area contributed by atoms with Crippen molar-refractivity contribution in [3.63, 3.8) is 0 Å². The summed E-state index contributed by atoms with van der Waals surface area (Å²) in [4.78, 5) is 25.7. The minimum atomic E-state index is -0.539. The molecule has 7 heteroatoms. The van der Waals surface area contributed by atoms with Crippen molar-refractivity contribution in [1.82, 2.24) is 4.90 Å². The van der Waals surface area contributed by atoms with Crippen LogP contribution in [0.3, 0.4) is 0 Å². The zero-order chi connectivity index (χ0) is 17.0. The Bertz CT molecular complexity index is 563. The lowest BCUT2D eigenvalue weighted by molar-refractivity contribution is -0.156. The number of hydrogen-bond acceptors (Lipinski definition) is 4. The van der Waals surface area contributed by atoms with E-state index in [2.05, 4.69) is 0 Å². The van der Waals surface area contributed by atoms with Crippen molar-refractivity contribution in [2.75, 3.05) is 19.7 Å². The summed E-state index contributed by atoms with van der Waals surface area (Å²) in [5, 5.41) is 0.799. The van der Waals surface area contributed by atoms with E-state index in [0.29, 0.717) is 28.7 Å². The van der Waals surface area contributed by atoms with Crippen LogP contribution < -0.4 is 0 Å². The van der Waals surface area contributed by atoms with Crippen molar-refractivity contribution in [1.29, 1.82) is 0 Å². The molecule has 126 valence electrons.